The molecule has 3 unspecified atom stereocenters. The number of rotatable bonds is 7. The molecule has 1 amide bonds. The molecular weight excluding hydrogens is 665 g/mol. The van der Waals surface area contributed by atoms with E-state index in [1.807, 2.05) is 44.2 Å². The number of allylic oxidation sites excluding steroid dienone is 2. The number of aromatic amines is 1. The minimum absolute atomic E-state index is 0.0181. The Kier molecular flexibility index (Phi) is 9.17. The van der Waals surface area contributed by atoms with Gasteiger partial charge in [0.05, 0.1) is 5.41 Å². The lowest BCUT2D eigenvalue weighted by Crippen LogP contribution is -2.65. The number of fused-ring (bicyclic) bond motifs is 8. The van der Waals surface area contributed by atoms with Crippen LogP contribution in [0, 0.1) is 50.2 Å². The zero-order valence-corrected chi connectivity index (χ0v) is 33.4. The Labute approximate surface area is 315 Å². The van der Waals surface area contributed by atoms with Crippen LogP contribution in [0.5, 0.6) is 0 Å². The van der Waals surface area contributed by atoms with Crippen molar-refractivity contribution in [1.29, 1.82) is 0 Å². The Balaban J connectivity index is 1.25. The summed E-state index contributed by atoms with van der Waals surface area (Å²) in [5, 5.41) is 12.4. The number of aromatic nitrogens is 1. The third-order valence-corrected chi connectivity index (χ3v) is 16.3. The van der Waals surface area contributed by atoms with Gasteiger partial charge in [0.1, 0.15) is 0 Å². The first-order valence-electron chi connectivity index (χ1n) is 20.4. The Morgan fingerprint density at radius 2 is 1.68 bits per heavy atom. The van der Waals surface area contributed by atoms with Crippen LogP contribution in [-0.2, 0) is 30.4 Å². The van der Waals surface area contributed by atoms with Gasteiger partial charge in [-0.2, -0.15) is 5.06 Å². The molecule has 2 N–H and O–H groups in total. The van der Waals surface area contributed by atoms with Gasteiger partial charge < -0.3 is 14.9 Å². The van der Waals surface area contributed by atoms with Crippen molar-refractivity contribution in [3.8, 4) is 0 Å². The molecule has 7 rings (SSSR count). The molecule has 0 bridgehead atoms. The minimum atomic E-state index is -1.41. The van der Waals surface area contributed by atoms with Gasteiger partial charge in [0.2, 0.25) is 0 Å². The molecule has 9 atom stereocenters. The van der Waals surface area contributed by atoms with Gasteiger partial charge in [0.15, 0.2) is 11.8 Å². The standard InChI is InChI=1S/C45H62N2O6/c1-9-13-36(49)53-47(33(38(50)51)24-28-27-46-32-15-11-10-14-29(28)32)39(52)42(5)21-20-41(4)22-23-44(7)30(31(41)26-42)25-34(48)37-43(6)18-12-17-40(2,3)35(43)16-19-45(37,44)8/h10-11,14-15,25,27,31,33,35,37,46H,9,12-13,16-24,26H2,1-8H3,(H,50,51)/t31-,33-,35?,37?,41+,42?,43-,44+,45+/m0/s1. The van der Waals surface area contributed by atoms with Gasteiger partial charge in [-0.3, -0.25) is 9.59 Å². The number of H-pyrrole nitrogens is 1. The minimum Gasteiger partial charge on any atom is -0.480 e. The van der Waals surface area contributed by atoms with Crippen molar-refractivity contribution in [3.05, 3.63) is 47.7 Å². The van der Waals surface area contributed by atoms with Crippen LogP contribution in [0.3, 0.4) is 0 Å². The van der Waals surface area contributed by atoms with E-state index in [0.717, 1.165) is 66.5 Å². The fourth-order valence-corrected chi connectivity index (χ4v) is 13.1. The van der Waals surface area contributed by atoms with Gasteiger partial charge in [0.25, 0.3) is 5.91 Å². The van der Waals surface area contributed by atoms with Gasteiger partial charge in [0, 0.05) is 35.9 Å². The molecule has 8 heteroatoms. The second-order valence-electron chi connectivity index (χ2n) is 19.9. The summed E-state index contributed by atoms with van der Waals surface area (Å²) in [5.41, 5.74) is 1.49. The van der Waals surface area contributed by atoms with Crippen molar-refractivity contribution in [2.75, 3.05) is 0 Å². The van der Waals surface area contributed by atoms with Gasteiger partial charge in [-0.05, 0) is 121 Å². The van der Waals surface area contributed by atoms with Crippen molar-refractivity contribution in [2.24, 2.45) is 50.2 Å². The average molecular weight is 727 g/mol. The predicted molar refractivity (Wildman–Crippen MR) is 205 cm³/mol. The van der Waals surface area contributed by atoms with Crippen LogP contribution < -0.4 is 0 Å². The number of nitrogens with zero attached hydrogens (tertiary/aromatic N) is 1. The Bertz CT molecular complexity index is 1860. The first-order chi connectivity index (χ1) is 24.8. The lowest BCUT2D eigenvalue weighted by molar-refractivity contribution is -0.220. The van der Waals surface area contributed by atoms with E-state index in [2.05, 4.69) is 46.5 Å². The second-order valence-corrected chi connectivity index (χ2v) is 19.9. The SMILES string of the molecule is CCCC(=O)ON(C(=O)C1(C)CC[C@]2(C)CC[C@]3(C)C(=CC(=O)C4[C@@]5(C)CCCC(C)(C)C5CC[C@]43C)[C@@H]2C1)[C@@H](Cc1c[nH]c2ccccc12)C(=O)O. The van der Waals surface area contributed by atoms with E-state index in [0.29, 0.717) is 25.2 Å². The highest BCUT2D eigenvalue weighted by molar-refractivity contribution is 5.96. The molecular formula is C45H62N2O6. The maximum Gasteiger partial charge on any atom is 0.332 e. The highest BCUT2D eigenvalue weighted by atomic mass is 16.7. The van der Waals surface area contributed by atoms with Crippen LogP contribution in [-0.4, -0.2) is 44.8 Å². The molecule has 0 saturated heterocycles. The van der Waals surface area contributed by atoms with Gasteiger partial charge in [-0.1, -0.05) is 85.6 Å². The van der Waals surface area contributed by atoms with Crippen LogP contribution in [0.1, 0.15) is 138 Å². The summed E-state index contributed by atoms with van der Waals surface area (Å²) in [6, 6.07) is 6.24. The fourth-order valence-electron chi connectivity index (χ4n) is 13.1. The van der Waals surface area contributed by atoms with Crippen molar-refractivity contribution >= 4 is 34.5 Å². The van der Waals surface area contributed by atoms with E-state index in [1.54, 1.807) is 6.20 Å². The summed E-state index contributed by atoms with van der Waals surface area (Å²) in [6.07, 6.45) is 13.8. The second kappa shape index (κ2) is 12.8. The molecule has 0 radical (unpaired) electrons. The molecule has 8 nitrogen and oxygen atoms in total. The van der Waals surface area contributed by atoms with Gasteiger partial charge in [-0.25, -0.2) is 9.59 Å². The maximum atomic E-state index is 15.0. The summed E-state index contributed by atoms with van der Waals surface area (Å²) in [7, 11) is 0. The van der Waals surface area contributed by atoms with Crippen LogP contribution in [0.25, 0.3) is 10.9 Å². The van der Waals surface area contributed by atoms with Crippen molar-refractivity contribution in [3.63, 3.8) is 0 Å². The van der Waals surface area contributed by atoms with Crippen molar-refractivity contribution < 1.29 is 29.1 Å². The number of hydroxylamine groups is 2. The van der Waals surface area contributed by atoms with Crippen LogP contribution >= 0.6 is 0 Å². The van der Waals surface area contributed by atoms with E-state index < -0.39 is 29.3 Å². The Morgan fingerprint density at radius 1 is 0.962 bits per heavy atom. The highest BCUT2D eigenvalue weighted by Crippen LogP contribution is 2.75. The molecule has 5 aliphatic carbocycles. The zero-order valence-electron chi connectivity index (χ0n) is 33.4. The third kappa shape index (κ3) is 5.73. The summed E-state index contributed by atoms with van der Waals surface area (Å²) in [6.45, 7) is 18.2. The van der Waals surface area contributed by atoms with Crippen molar-refractivity contribution in [1.82, 2.24) is 10.0 Å². The number of aliphatic carboxylic acids is 1. The number of hydrogen-bond donors (Lipinski definition) is 2. The monoisotopic (exact) mass is 726 g/mol. The Hall–Kier alpha value is -3.42. The number of benzene rings is 1. The van der Waals surface area contributed by atoms with Gasteiger partial charge in [-0.15, -0.1) is 0 Å². The number of nitrogens with one attached hydrogen (secondary N) is 1. The summed E-state index contributed by atoms with van der Waals surface area (Å²) < 4.78 is 0. The van der Waals surface area contributed by atoms with Crippen LogP contribution in [0.15, 0.2) is 42.1 Å². The van der Waals surface area contributed by atoms with E-state index in [4.69, 9.17) is 4.84 Å². The molecule has 53 heavy (non-hydrogen) atoms. The maximum absolute atomic E-state index is 15.0. The number of hydrogen-bond acceptors (Lipinski definition) is 5. The molecule has 4 saturated carbocycles. The van der Waals surface area contributed by atoms with Gasteiger partial charge >= 0.3 is 11.9 Å². The number of ketones is 1. The number of carbonyl (C=O) groups excluding carboxylic acids is 3. The topological polar surface area (TPSA) is 117 Å². The van der Waals surface area contributed by atoms with E-state index in [1.165, 1.54) is 12.0 Å². The van der Waals surface area contributed by atoms with Crippen LogP contribution in [0.4, 0.5) is 0 Å². The molecule has 1 heterocycles. The molecule has 2 aromatic rings. The fraction of sp³-hybridized carbons (Fsp3) is 0.689. The summed E-state index contributed by atoms with van der Waals surface area (Å²) in [5.74, 6) is -1.57. The number of para-hydroxylation sites is 1. The smallest absolute Gasteiger partial charge is 0.332 e. The molecule has 4 fully saturated rings. The van der Waals surface area contributed by atoms with E-state index >= 15 is 4.79 Å². The molecule has 288 valence electrons. The lowest BCUT2D eigenvalue weighted by Gasteiger charge is -2.70. The summed E-state index contributed by atoms with van der Waals surface area (Å²) in [4.78, 5) is 65.0. The van der Waals surface area contributed by atoms with Crippen LogP contribution in [0.2, 0.25) is 0 Å². The zero-order chi connectivity index (χ0) is 38.4. The normalized spacial score (nSPS) is 38.0. The van der Waals surface area contributed by atoms with Crippen molar-refractivity contribution in [2.45, 2.75) is 145 Å². The van der Waals surface area contributed by atoms with E-state index in [9.17, 15) is 19.5 Å². The Morgan fingerprint density at radius 3 is 2.40 bits per heavy atom. The van der Waals surface area contributed by atoms with E-state index in [-0.39, 0.29) is 57.5 Å². The number of carbonyl (C=O) groups is 4. The first-order valence-corrected chi connectivity index (χ1v) is 20.4. The summed E-state index contributed by atoms with van der Waals surface area (Å²) >= 11 is 0. The highest BCUT2D eigenvalue weighted by Gasteiger charge is 2.69. The predicted octanol–water partition coefficient (Wildman–Crippen LogP) is 9.62. The number of carboxylic acid groups (broad SMARTS) is 1. The molecule has 1 aromatic heterocycles. The largest absolute Gasteiger partial charge is 0.480 e. The number of amides is 1. The molecule has 0 spiro atoms. The molecule has 1 aromatic carbocycles. The quantitative estimate of drug-likeness (QED) is 0.275. The average Bonchev–Trinajstić information content (AvgIpc) is 3.50. The third-order valence-electron chi connectivity index (χ3n) is 16.3. The number of carboxylic acids is 1. The first kappa shape index (κ1) is 37.9. The molecule has 0 aliphatic heterocycles. The lowest BCUT2D eigenvalue weighted by atomic mass is 9.33. The molecule has 5 aliphatic rings.